The molecule has 0 amide bonds. The predicted molar refractivity (Wildman–Crippen MR) is 66.9 cm³/mol. The molecular weight excluding hydrogens is 198 g/mol. The number of piperidine rings is 1. The Bertz CT molecular complexity index is 495. The fourth-order valence-corrected chi connectivity index (χ4v) is 2.37. The number of imidazole rings is 1. The summed E-state index contributed by atoms with van der Waals surface area (Å²) in [5.41, 5.74) is 3.51. The van der Waals surface area contributed by atoms with E-state index in [9.17, 15) is 0 Å². The van der Waals surface area contributed by atoms with Crippen molar-refractivity contribution in [3.05, 3.63) is 23.8 Å². The van der Waals surface area contributed by atoms with Crippen LogP contribution in [0.3, 0.4) is 0 Å². The molecule has 2 heterocycles. The molecule has 3 heteroatoms. The SMILES string of the molecule is Cc1ccc2nc(N3CCCCC3)[nH]c2c1. The Kier molecular flexibility index (Phi) is 2.31. The minimum absolute atomic E-state index is 1.04. The Morgan fingerprint density at radius 3 is 2.81 bits per heavy atom. The third-order valence-corrected chi connectivity index (χ3v) is 3.28. The van der Waals surface area contributed by atoms with E-state index in [2.05, 4.69) is 40.0 Å². The number of aryl methyl sites for hydroxylation is 1. The van der Waals surface area contributed by atoms with E-state index in [1.165, 1.54) is 24.8 Å². The lowest BCUT2D eigenvalue weighted by molar-refractivity contribution is 0.570. The maximum atomic E-state index is 4.65. The van der Waals surface area contributed by atoms with Gasteiger partial charge in [0, 0.05) is 13.1 Å². The fourth-order valence-electron chi connectivity index (χ4n) is 2.37. The normalized spacial score (nSPS) is 16.9. The van der Waals surface area contributed by atoms with Crippen molar-refractivity contribution in [2.24, 2.45) is 0 Å². The highest BCUT2D eigenvalue weighted by atomic mass is 15.3. The molecule has 2 aromatic rings. The quantitative estimate of drug-likeness (QED) is 0.793. The number of benzene rings is 1. The number of fused-ring (bicyclic) bond motifs is 1. The van der Waals surface area contributed by atoms with Crippen LogP contribution in [0.4, 0.5) is 5.95 Å². The first-order chi connectivity index (χ1) is 7.83. The maximum absolute atomic E-state index is 4.65. The Morgan fingerprint density at radius 1 is 1.19 bits per heavy atom. The first-order valence-corrected chi connectivity index (χ1v) is 6.04. The average molecular weight is 215 g/mol. The lowest BCUT2D eigenvalue weighted by Crippen LogP contribution is -2.30. The monoisotopic (exact) mass is 215 g/mol. The number of nitrogens with one attached hydrogen (secondary N) is 1. The van der Waals surface area contributed by atoms with Crippen molar-refractivity contribution >= 4 is 17.0 Å². The van der Waals surface area contributed by atoms with Crippen molar-refractivity contribution < 1.29 is 0 Å². The molecule has 1 aliphatic heterocycles. The smallest absolute Gasteiger partial charge is 0.203 e. The second kappa shape index (κ2) is 3.81. The Morgan fingerprint density at radius 2 is 2.00 bits per heavy atom. The highest BCUT2D eigenvalue weighted by Gasteiger charge is 2.14. The second-order valence-electron chi connectivity index (χ2n) is 4.63. The van der Waals surface area contributed by atoms with Crippen molar-refractivity contribution in [3.8, 4) is 0 Å². The number of H-pyrrole nitrogens is 1. The van der Waals surface area contributed by atoms with Gasteiger partial charge in [-0.3, -0.25) is 0 Å². The molecule has 0 atom stereocenters. The van der Waals surface area contributed by atoms with Crippen molar-refractivity contribution in [2.45, 2.75) is 26.2 Å². The van der Waals surface area contributed by atoms with Gasteiger partial charge in [-0.25, -0.2) is 4.98 Å². The molecule has 84 valence electrons. The third kappa shape index (κ3) is 1.66. The summed E-state index contributed by atoms with van der Waals surface area (Å²) in [4.78, 5) is 10.4. The van der Waals surface area contributed by atoms with Gasteiger partial charge >= 0.3 is 0 Å². The Hall–Kier alpha value is -1.51. The molecule has 0 radical (unpaired) electrons. The number of hydrogen-bond donors (Lipinski definition) is 1. The molecule has 0 spiro atoms. The number of aromatic amines is 1. The van der Waals surface area contributed by atoms with E-state index in [1.54, 1.807) is 0 Å². The first kappa shape index (κ1) is 9.70. The number of hydrogen-bond acceptors (Lipinski definition) is 2. The van der Waals surface area contributed by atoms with Crippen LogP contribution in [0.5, 0.6) is 0 Å². The van der Waals surface area contributed by atoms with Crippen LogP contribution in [0, 0.1) is 6.92 Å². The standard InChI is InChI=1S/C13H17N3/c1-10-5-6-11-12(9-10)15-13(14-11)16-7-3-2-4-8-16/h5-6,9H,2-4,7-8H2,1H3,(H,14,15). The second-order valence-corrected chi connectivity index (χ2v) is 4.63. The zero-order valence-corrected chi connectivity index (χ0v) is 9.66. The molecule has 0 unspecified atom stereocenters. The zero-order valence-electron chi connectivity index (χ0n) is 9.66. The molecule has 0 saturated carbocycles. The molecule has 0 bridgehead atoms. The molecule has 1 aromatic carbocycles. The van der Waals surface area contributed by atoms with E-state index in [4.69, 9.17) is 0 Å². The van der Waals surface area contributed by atoms with Crippen LogP contribution < -0.4 is 4.90 Å². The summed E-state index contributed by atoms with van der Waals surface area (Å²) >= 11 is 0. The van der Waals surface area contributed by atoms with Crippen molar-refractivity contribution in [3.63, 3.8) is 0 Å². The van der Waals surface area contributed by atoms with Crippen LogP contribution in [0.1, 0.15) is 24.8 Å². The van der Waals surface area contributed by atoms with Gasteiger partial charge in [0.1, 0.15) is 0 Å². The first-order valence-electron chi connectivity index (χ1n) is 6.04. The number of rotatable bonds is 1. The van der Waals surface area contributed by atoms with Gasteiger partial charge in [0.25, 0.3) is 0 Å². The van der Waals surface area contributed by atoms with E-state index in [0.717, 1.165) is 30.1 Å². The van der Waals surface area contributed by atoms with E-state index in [1.807, 2.05) is 0 Å². The van der Waals surface area contributed by atoms with Crippen LogP contribution in [0.25, 0.3) is 11.0 Å². The highest BCUT2D eigenvalue weighted by molar-refractivity contribution is 5.78. The van der Waals surface area contributed by atoms with E-state index in [-0.39, 0.29) is 0 Å². The highest BCUT2D eigenvalue weighted by Crippen LogP contribution is 2.21. The molecule has 3 nitrogen and oxygen atoms in total. The zero-order chi connectivity index (χ0) is 11.0. The molecule has 16 heavy (non-hydrogen) atoms. The van der Waals surface area contributed by atoms with Crippen LogP contribution >= 0.6 is 0 Å². The number of nitrogens with zero attached hydrogens (tertiary/aromatic N) is 2. The number of anilines is 1. The summed E-state index contributed by atoms with van der Waals surface area (Å²) in [6.45, 7) is 4.39. The molecular formula is C13H17N3. The molecule has 1 N–H and O–H groups in total. The summed E-state index contributed by atoms with van der Waals surface area (Å²) in [5, 5.41) is 0. The Labute approximate surface area is 95.5 Å². The van der Waals surface area contributed by atoms with E-state index >= 15 is 0 Å². The van der Waals surface area contributed by atoms with Crippen LogP contribution in [-0.4, -0.2) is 23.1 Å². The molecule has 1 aliphatic rings. The van der Waals surface area contributed by atoms with Crippen molar-refractivity contribution in [1.29, 1.82) is 0 Å². The van der Waals surface area contributed by atoms with Crippen LogP contribution in [-0.2, 0) is 0 Å². The molecule has 1 aromatic heterocycles. The van der Waals surface area contributed by atoms with Crippen molar-refractivity contribution in [1.82, 2.24) is 9.97 Å². The van der Waals surface area contributed by atoms with Crippen LogP contribution in [0.15, 0.2) is 18.2 Å². The Balaban J connectivity index is 1.97. The van der Waals surface area contributed by atoms with Gasteiger partial charge < -0.3 is 9.88 Å². The fraction of sp³-hybridized carbons (Fsp3) is 0.462. The molecule has 1 fully saturated rings. The summed E-state index contributed by atoms with van der Waals surface area (Å²) in [6.07, 6.45) is 3.93. The topological polar surface area (TPSA) is 31.9 Å². The summed E-state index contributed by atoms with van der Waals surface area (Å²) in [5.74, 6) is 1.04. The van der Waals surface area contributed by atoms with E-state index < -0.39 is 0 Å². The molecule has 1 saturated heterocycles. The van der Waals surface area contributed by atoms with Gasteiger partial charge in [-0.05, 0) is 43.9 Å². The minimum Gasteiger partial charge on any atom is -0.342 e. The average Bonchev–Trinajstić information content (AvgIpc) is 2.73. The van der Waals surface area contributed by atoms with E-state index in [0.29, 0.717) is 0 Å². The summed E-state index contributed by atoms with van der Waals surface area (Å²) < 4.78 is 0. The van der Waals surface area contributed by atoms with Gasteiger partial charge in [0.05, 0.1) is 11.0 Å². The summed E-state index contributed by atoms with van der Waals surface area (Å²) in [7, 11) is 0. The molecule has 0 aliphatic carbocycles. The minimum atomic E-state index is 1.04. The summed E-state index contributed by atoms with van der Waals surface area (Å²) in [6, 6.07) is 6.37. The predicted octanol–water partition coefficient (Wildman–Crippen LogP) is 2.86. The van der Waals surface area contributed by atoms with Gasteiger partial charge in [-0.2, -0.15) is 0 Å². The number of aromatic nitrogens is 2. The lowest BCUT2D eigenvalue weighted by atomic mass is 10.1. The van der Waals surface area contributed by atoms with Gasteiger partial charge in [-0.15, -0.1) is 0 Å². The largest absolute Gasteiger partial charge is 0.342 e. The van der Waals surface area contributed by atoms with Crippen LogP contribution in [0.2, 0.25) is 0 Å². The van der Waals surface area contributed by atoms with Crippen molar-refractivity contribution in [2.75, 3.05) is 18.0 Å². The third-order valence-electron chi connectivity index (χ3n) is 3.28. The van der Waals surface area contributed by atoms with Gasteiger partial charge in [0.2, 0.25) is 5.95 Å². The van der Waals surface area contributed by atoms with Gasteiger partial charge in [0.15, 0.2) is 0 Å². The van der Waals surface area contributed by atoms with Gasteiger partial charge in [-0.1, -0.05) is 6.07 Å². The molecule has 3 rings (SSSR count). The lowest BCUT2D eigenvalue weighted by Gasteiger charge is -2.25. The maximum Gasteiger partial charge on any atom is 0.203 e.